The van der Waals surface area contributed by atoms with Crippen molar-refractivity contribution < 1.29 is 32.2 Å². The number of hydrogen-bond donors (Lipinski definition) is 1. The maximum absolute atomic E-state index is 13.3. The number of ether oxygens (including phenoxy) is 2. The largest absolute Gasteiger partial charge is 0.465 e. The molecule has 0 aliphatic carbocycles. The molecule has 4 rings (SSSR count). The van der Waals surface area contributed by atoms with Gasteiger partial charge in [0.2, 0.25) is 0 Å². The first-order valence-electron chi connectivity index (χ1n) is 12.6. The summed E-state index contributed by atoms with van der Waals surface area (Å²) in [4.78, 5) is 28.6. The fourth-order valence-corrected chi connectivity index (χ4v) is 4.44. The van der Waals surface area contributed by atoms with Crippen LogP contribution in [0.2, 0.25) is 0 Å². The monoisotopic (exact) mass is 541 g/mol. The smallest absolute Gasteiger partial charge is 0.416 e. The molecule has 10 heteroatoms. The maximum Gasteiger partial charge on any atom is 0.416 e. The molecule has 3 aromatic carbocycles. The van der Waals surface area contributed by atoms with Crippen molar-refractivity contribution in [3.63, 3.8) is 0 Å². The third-order valence-corrected chi connectivity index (χ3v) is 6.54. The van der Waals surface area contributed by atoms with Crippen LogP contribution in [-0.4, -0.2) is 68.2 Å². The van der Waals surface area contributed by atoms with Gasteiger partial charge < -0.3 is 19.7 Å². The molecule has 206 valence electrons. The maximum atomic E-state index is 13.3. The summed E-state index contributed by atoms with van der Waals surface area (Å²) in [6.07, 6.45) is -5.08. The predicted molar refractivity (Wildman–Crippen MR) is 140 cm³/mol. The van der Waals surface area contributed by atoms with E-state index < -0.39 is 23.8 Å². The van der Waals surface area contributed by atoms with Crippen molar-refractivity contribution in [1.82, 2.24) is 9.80 Å². The molecule has 0 bridgehead atoms. The molecule has 2 amide bonds. The highest BCUT2D eigenvalue weighted by Crippen LogP contribution is 2.33. The van der Waals surface area contributed by atoms with E-state index in [1.807, 2.05) is 30.3 Å². The van der Waals surface area contributed by atoms with Crippen molar-refractivity contribution in [3.8, 4) is 0 Å². The lowest BCUT2D eigenvalue weighted by Crippen LogP contribution is -2.50. The number of nitrogens with one attached hydrogen (secondary N) is 1. The number of methoxy groups -OCH3 is 1. The second-order valence-electron chi connectivity index (χ2n) is 9.08. The summed E-state index contributed by atoms with van der Waals surface area (Å²) >= 11 is 0. The number of carbonyl (C=O) groups is 2. The van der Waals surface area contributed by atoms with Gasteiger partial charge >= 0.3 is 18.2 Å². The number of para-hydroxylation sites is 1. The van der Waals surface area contributed by atoms with Crippen LogP contribution in [0.25, 0.3) is 0 Å². The number of carbonyl (C=O) groups excluding carboxylic acids is 2. The van der Waals surface area contributed by atoms with Gasteiger partial charge in [-0.2, -0.15) is 13.2 Å². The lowest BCUT2D eigenvalue weighted by molar-refractivity contribution is -0.137. The number of alkyl halides is 3. The standard InChI is InChI=1S/C29H30F3N3O4/c1-38-27(36)24-12-5-6-13-25(24)33-28(37)35-16-14-34(15-17-35)18-19-39-26(21-8-3-2-4-9-21)22-10-7-11-23(20-22)29(30,31)32/h2-13,20,26H,14-19H2,1H3,(H,33,37). The molecule has 1 atom stereocenters. The minimum absolute atomic E-state index is 0.276. The van der Waals surface area contributed by atoms with Crippen LogP contribution in [0.15, 0.2) is 78.9 Å². The fourth-order valence-electron chi connectivity index (χ4n) is 4.44. The Morgan fingerprint density at radius 3 is 2.26 bits per heavy atom. The van der Waals surface area contributed by atoms with E-state index in [0.717, 1.165) is 17.7 Å². The zero-order valence-electron chi connectivity index (χ0n) is 21.5. The molecular formula is C29H30F3N3O4. The van der Waals surface area contributed by atoms with Crippen LogP contribution in [0.1, 0.15) is 33.2 Å². The molecule has 1 unspecified atom stereocenters. The molecule has 1 heterocycles. The lowest BCUT2D eigenvalue weighted by Gasteiger charge is -2.35. The Kier molecular flexibility index (Phi) is 9.21. The molecule has 1 fully saturated rings. The molecule has 1 N–H and O–H groups in total. The van der Waals surface area contributed by atoms with Gasteiger partial charge in [-0.25, -0.2) is 9.59 Å². The molecule has 0 aromatic heterocycles. The van der Waals surface area contributed by atoms with Crippen LogP contribution in [0.4, 0.5) is 23.7 Å². The van der Waals surface area contributed by atoms with E-state index in [-0.39, 0.29) is 11.6 Å². The highest BCUT2D eigenvalue weighted by Gasteiger charge is 2.31. The molecule has 1 aliphatic heterocycles. The summed E-state index contributed by atoms with van der Waals surface area (Å²) in [6.45, 7) is 3.02. The van der Waals surface area contributed by atoms with Gasteiger partial charge in [-0.15, -0.1) is 0 Å². The van der Waals surface area contributed by atoms with Crippen LogP contribution < -0.4 is 5.32 Å². The van der Waals surface area contributed by atoms with Crippen molar-refractivity contribution in [1.29, 1.82) is 0 Å². The number of urea groups is 1. The number of nitrogens with zero attached hydrogens (tertiary/aromatic N) is 2. The quantitative estimate of drug-likeness (QED) is 0.384. The normalized spacial score (nSPS) is 15.0. The van der Waals surface area contributed by atoms with Crippen LogP contribution >= 0.6 is 0 Å². The summed E-state index contributed by atoms with van der Waals surface area (Å²) in [5.74, 6) is -0.533. The van der Waals surface area contributed by atoms with Gasteiger partial charge in [0.25, 0.3) is 0 Å². The van der Waals surface area contributed by atoms with Crippen molar-refractivity contribution in [2.75, 3.05) is 51.8 Å². The number of amides is 2. The molecule has 0 spiro atoms. The zero-order valence-corrected chi connectivity index (χ0v) is 21.5. The first-order chi connectivity index (χ1) is 18.8. The van der Waals surface area contributed by atoms with Crippen LogP contribution in [-0.2, 0) is 15.7 Å². The number of halogens is 3. The molecule has 3 aromatic rings. The van der Waals surface area contributed by atoms with E-state index in [1.54, 1.807) is 35.2 Å². The Hall–Kier alpha value is -3.89. The molecule has 1 aliphatic rings. The van der Waals surface area contributed by atoms with Crippen LogP contribution in [0.3, 0.4) is 0 Å². The Labute approximate surface area is 225 Å². The van der Waals surface area contributed by atoms with Gasteiger partial charge in [0.15, 0.2) is 0 Å². The first kappa shape index (κ1) is 28.1. The third-order valence-electron chi connectivity index (χ3n) is 6.54. The zero-order chi connectivity index (χ0) is 27.8. The van der Waals surface area contributed by atoms with E-state index in [2.05, 4.69) is 10.2 Å². The molecule has 1 saturated heterocycles. The Morgan fingerprint density at radius 2 is 1.56 bits per heavy atom. The number of piperazine rings is 1. The van der Waals surface area contributed by atoms with Crippen molar-refractivity contribution >= 4 is 17.7 Å². The van der Waals surface area contributed by atoms with E-state index in [4.69, 9.17) is 9.47 Å². The van der Waals surface area contributed by atoms with Gasteiger partial charge in [0.1, 0.15) is 6.10 Å². The average Bonchev–Trinajstić information content (AvgIpc) is 2.95. The fraction of sp³-hybridized carbons (Fsp3) is 0.310. The highest BCUT2D eigenvalue weighted by atomic mass is 19.4. The van der Waals surface area contributed by atoms with Gasteiger partial charge in [-0.3, -0.25) is 4.90 Å². The van der Waals surface area contributed by atoms with Gasteiger partial charge in [-0.05, 0) is 35.4 Å². The second kappa shape index (κ2) is 12.8. The molecule has 0 saturated carbocycles. The van der Waals surface area contributed by atoms with Crippen molar-refractivity contribution in [3.05, 3.63) is 101 Å². The molecular weight excluding hydrogens is 511 g/mol. The number of benzene rings is 3. The summed E-state index contributed by atoms with van der Waals surface area (Å²) in [7, 11) is 1.28. The first-order valence-corrected chi connectivity index (χ1v) is 12.6. The molecule has 39 heavy (non-hydrogen) atoms. The number of rotatable bonds is 8. The average molecular weight is 542 g/mol. The van der Waals surface area contributed by atoms with Gasteiger partial charge in [0.05, 0.1) is 30.5 Å². The Bertz CT molecular complexity index is 1260. The topological polar surface area (TPSA) is 71.1 Å². The molecule has 7 nitrogen and oxygen atoms in total. The predicted octanol–water partition coefficient (Wildman–Crippen LogP) is 5.45. The van der Waals surface area contributed by atoms with E-state index >= 15 is 0 Å². The van der Waals surface area contributed by atoms with Crippen molar-refractivity contribution in [2.24, 2.45) is 0 Å². The summed E-state index contributed by atoms with van der Waals surface area (Å²) < 4.78 is 50.8. The Morgan fingerprint density at radius 1 is 0.897 bits per heavy atom. The van der Waals surface area contributed by atoms with Gasteiger partial charge in [0, 0.05) is 32.7 Å². The number of anilines is 1. The minimum atomic E-state index is -4.44. The summed E-state index contributed by atoms with van der Waals surface area (Å²) in [6, 6.07) is 20.7. The second-order valence-corrected chi connectivity index (χ2v) is 9.08. The van der Waals surface area contributed by atoms with E-state index in [0.29, 0.717) is 50.6 Å². The van der Waals surface area contributed by atoms with Gasteiger partial charge in [-0.1, -0.05) is 54.6 Å². The number of esters is 1. The van der Waals surface area contributed by atoms with Crippen LogP contribution in [0, 0.1) is 0 Å². The highest BCUT2D eigenvalue weighted by molar-refractivity contribution is 6.00. The SMILES string of the molecule is COC(=O)c1ccccc1NC(=O)N1CCN(CCOC(c2ccccc2)c2cccc(C(F)(F)F)c2)CC1. The minimum Gasteiger partial charge on any atom is -0.465 e. The third kappa shape index (κ3) is 7.36. The number of hydrogen-bond acceptors (Lipinski definition) is 5. The summed E-state index contributed by atoms with van der Waals surface area (Å²) in [5.41, 5.74) is 1.15. The summed E-state index contributed by atoms with van der Waals surface area (Å²) in [5, 5.41) is 2.78. The molecule has 0 radical (unpaired) electrons. The van der Waals surface area contributed by atoms with Crippen LogP contribution in [0.5, 0.6) is 0 Å². The van der Waals surface area contributed by atoms with Crippen molar-refractivity contribution in [2.45, 2.75) is 12.3 Å². The lowest BCUT2D eigenvalue weighted by atomic mass is 9.99. The van der Waals surface area contributed by atoms with E-state index in [9.17, 15) is 22.8 Å². The Balaban J connectivity index is 1.32. The van der Waals surface area contributed by atoms with E-state index in [1.165, 1.54) is 13.2 Å².